The van der Waals surface area contributed by atoms with Crippen molar-refractivity contribution in [3.8, 4) is 5.75 Å². The summed E-state index contributed by atoms with van der Waals surface area (Å²) in [6.07, 6.45) is 6.82. The molecule has 25 heavy (non-hydrogen) atoms. The average Bonchev–Trinajstić information content (AvgIpc) is 3.25. The van der Waals surface area contributed by atoms with Crippen molar-refractivity contribution in [2.75, 3.05) is 13.1 Å². The first-order chi connectivity index (χ1) is 12.3. The molecule has 1 aromatic carbocycles. The highest BCUT2D eigenvalue weighted by atomic mass is 16.5. The minimum atomic E-state index is 0.117. The van der Waals surface area contributed by atoms with Gasteiger partial charge in [-0.2, -0.15) is 0 Å². The second-order valence-electron chi connectivity index (χ2n) is 6.81. The molecule has 6 nitrogen and oxygen atoms in total. The third-order valence-electron chi connectivity index (χ3n) is 5.05. The molecule has 1 saturated heterocycles. The van der Waals surface area contributed by atoms with Gasteiger partial charge in [0.1, 0.15) is 18.2 Å². The molecule has 2 aliphatic rings. The highest BCUT2D eigenvalue weighted by Gasteiger charge is 2.19. The van der Waals surface area contributed by atoms with Crippen LogP contribution in [0.25, 0.3) is 0 Å². The molecule has 3 heterocycles. The Hall–Kier alpha value is -2.37. The van der Waals surface area contributed by atoms with Gasteiger partial charge in [0, 0.05) is 31.6 Å². The molecule has 0 unspecified atom stereocenters. The lowest BCUT2D eigenvalue weighted by molar-refractivity contribution is 0.0793. The van der Waals surface area contributed by atoms with E-state index in [2.05, 4.69) is 14.8 Å². The van der Waals surface area contributed by atoms with Crippen LogP contribution in [0.15, 0.2) is 24.3 Å². The highest BCUT2D eigenvalue weighted by Crippen LogP contribution is 2.19. The summed E-state index contributed by atoms with van der Waals surface area (Å²) < 4.78 is 8.06. The molecular formula is C19H24N4O2. The smallest absolute Gasteiger partial charge is 0.253 e. The number of ether oxygens (including phenoxy) is 1. The maximum absolute atomic E-state index is 12.4. The molecule has 1 aromatic heterocycles. The number of aryl methyl sites for hydroxylation is 1. The number of carbonyl (C=O) groups excluding carboxylic acids is 1. The molecule has 132 valence electrons. The molecule has 6 heteroatoms. The molecule has 0 aliphatic carbocycles. The van der Waals surface area contributed by atoms with E-state index >= 15 is 0 Å². The minimum absolute atomic E-state index is 0.117. The average molecular weight is 340 g/mol. The van der Waals surface area contributed by atoms with Crippen LogP contribution in [0.2, 0.25) is 0 Å². The zero-order chi connectivity index (χ0) is 17.1. The number of hydrogen-bond acceptors (Lipinski definition) is 4. The number of rotatable bonds is 4. The molecule has 2 aliphatic heterocycles. The number of amides is 1. The van der Waals surface area contributed by atoms with Gasteiger partial charge in [-0.3, -0.25) is 4.79 Å². The van der Waals surface area contributed by atoms with Crippen molar-refractivity contribution in [3.63, 3.8) is 0 Å². The topological polar surface area (TPSA) is 60.2 Å². The third kappa shape index (κ3) is 3.52. The highest BCUT2D eigenvalue weighted by molar-refractivity contribution is 5.94. The molecule has 0 radical (unpaired) electrons. The van der Waals surface area contributed by atoms with Gasteiger partial charge in [-0.1, -0.05) is 6.42 Å². The van der Waals surface area contributed by atoms with Crippen molar-refractivity contribution in [3.05, 3.63) is 41.5 Å². The summed E-state index contributed by atoms with van der Waals surface area (Å²) in [5.74, 6) is 2.83. The predicted molar refractivity (Wildman–Crippen MR) is 93.5 cm³/mol. The lowest BCUT2D eigenvalue weighted by Gasteiger charge is -2.15. The van der Waals surface area contributed by atoms with Crippen LogP contribution in [0.1, 0.15) is 54.1 Å². The summed E-state index contributed by atoms with van der Waals surface area (Å²) in [4.78, 5) is 14.3. The maximum atomic E-state index is 12.4. The van der Waals surface area contributed by atoms with Crippen LogP contribution in [0.3, 0.4) is 0 Å². The molecule has 0 saturated carbocycles. The van der Waals surface area contributed by atoms with Gasteiger partial charge in [0.15, 0.2) is 5.82 Å². The number of hydrogen-bond donors (Lipinski definition) is 0. The monoisotopic (exact) mass is 340 g/mol. The first-order valence-electron chi connectivity index (χ1n) is 9.24. The maximum Gasteiger partial charge on any atom is 0.253 e. The SMILES string of the molecule is O=C(c1ccc(OCc2nnc3n2CCCCC3)cc1)N1CCCC1. The normalized spacial score (nSPS) is 17.2. The van der Waals surface area contributed by atoms with Gasteiger partial charge < -0.3 is 14.2 Å². The number of likely N-dealkylation sites (tertiary alicyclic amines) is 1. The lowest BCUT2D eigenvalue weighted by atomic mass is 10.2. The van der Waals surface area contributed by atoms with Crippen LogP contribution >= 0.6 is 0 Å². The Bertz CT molecular complexity index is 732. The van der Waals surface area contributed by atoms with Gasteiger partial charge in [-0.05, 0) is 49.9 Å². The van der Waals surface area contributed by atoms with Crippen molar-refractivity contribution in [2.45, 2.75) is 51.7 Å². The summed E-state index contributed by atoms with van der Waals surface area (Å²) in [6, 6.07) is 7.42. The summed E-state index contributed by atoms with van der Waals surface area (Å²) in [6.45, 7) is 3.13. The van der Waals surface area contributed by atoms with Crippen molar-refractivity contribution in [1.82, 2.24) is 19.7 Å². The van der Waals surface area contributed by atoms with Gasteiger partial charge >= 0.3 is 0 Å². The number of nitrogens with zero attached hydrogens (tertiary/aromatic N) is 4. The number of fused-ring (bicyclic) bond motifs is 1. The zero-order valence-corrected chi connectivity index (χ0v) is 14.5. The van der Waals surface area contributed by atoms with Crippen molar-refractivity contribution in [2.24, 2.45) is 0 Å². The van der Waals surface area contributed by atoms with Crippen LogP contribution in [-0.4, -0.2) is 38.7 Å². The van der Waals surface area contributed by atoms with Crippen LogP contribution in [0.5, 0.6) is 5.75 Å². The molecule has 2 aromatic rings. The largest absolute Gasteiger partial charge is 0.486 e. The summed E-state index contributed by atoms with van der Waals surface area (Å²) in [5.41, 5.74) is 0.727. The molecule has 0 spiro atoms. The predicted octanol–water partition coefficient (Wildman–Crippen LogP) is 2.82. The first kappa shape index (κ1) is 16.1. The van der Waals surface area contributed by atoms with Gasteiger partial charge in [0.25, 0.3) is 5.91 Å². The zero-order valence-electron chi connectivity index (χ0n) is 14.5. The lowest BCUT2D eigenvalue weighted by Crippen LogP contribution is -2.27. The van der Waals surface area contributed by atoms with Crippen LogP contribution in [0, 0.1) is 0 Å². The van der Waals surface area contributed by atoms with E-state index in [9.17, 15) is 4.79 Å². The standard InChI is InChI=1S/C19H24N4O2/c24-19(22-11-4-5-12-22)15-7-9-16(10-8-15)25-14-18-21-20-17-6-2-1-3-13-23(17)18/h7-10H,1-6,11-14H2. The fourth-order valence-electron chi connectivity index (χ4n) is 3.60. The molecule has 4 rings (SSSR count). The molecule has 0 atom stereocenters. The minimum Gasteiger partial charge on any atom is -0.486 e. The molecule has 1 fully saturated rings. The summed E-state index contributed by atoms with van der Waals surface area (Å²) in [5, 5.41) is 8.57. The summed E-state index contributed by atoms with van der Waals surface area (Å²) >= 11 is 0. The number of benzene rings is 1. The first-order valence-corrected chi connectivity index (χ1v) is 9.24. The molecule has 0 bridgehead atoms. The van der Waals surface area contributed by atoms with E-state index in [1.165, 1.54) is 19.3 Å². The third-order valence-corrected chi connectivity index (χ3v) is 5.05. The second-order valence-corrected chi connectivity index (χ2v) is 6.81. The van der Waals surface area contributed by atoms with Gasteiger partial charge in [0.2, 0.25) is 0 Å². The molecule has 1 amide bonds. The van der Waals surface area contributed by atoms with E-state index in [1.54, 1.807) is 0 Å². The Kier molecular flexibility index (Phi) is 4.68. The number of carbonyl (C=O) groups is 1. The van der Waals surface area contributed by atoms with E-state index in [-0.39, 0.29) is 5.91 Å². The van der Waals surface area contributed by atoms with Gasteiger partial charge in [0.05, 0.1) is 0 Å². The Morgan fingerprint density at radius 1 is 0.960 bits per heavy atom. The van der Waals surface area contributed by atoms with E-state index in [4.69, 9.17) is 4.74 Å². The Morgan fingerprint density at radius 3 is 2.52 bits per heavy atom. The fraction of sp³-hybridized carbons (Fsp3) is 0.526. The van der Waals surface area contributed by atoms with Gasteiger partial charge in [-0.15, -0.1) is 10.2 Å². The fourth-order valence-corrected chi connectivity index (χ4v) is 3.60. The Balaban J connectivity index is 1.39. The Morgan fingerprint density at radius 2 is 1.72 bits per heavy atom. The van der Waals surface area contributed by atoms with E-state index in [1.807, 2.05) is 29.2 Å². The van der Waals surface area contributed by atoms with Gasteiger partial charge in [-0.25, -0.2) is 0 Å². The quantitative estimate of drug-likeness (QED) is 0.859. The molecule has 0 N–H and O–H groups in total. The van der Waals surface area contributed by atoms with Crippen LogP contribution in [0.4, 0.5) is 0 Å². The van der Waals surface area contributed by atoms with E-state index < -0.39 is 0 Å². The van der Waals surface area contributed by atoms with E-state index in [0.717, 1.165) is 61.9 Å². The second kappa shape index (κ2) is 7.25. The van der Waals surface area contributed by atoms with Crippen LogP contribution < -0.4 is 4.74 Å². The van der Waals surface area contributed by atoms with E-state index in [0.29, 0.717) is 6.61 Å². The van der Waals surface area contributed by atoms with Crippen molar-refractivity contribution in [1.29, 1.82) is 0 Å². The van der Waals surface area contributed by atoms with Crippen molar-refractivity contribution >= 4 is 5.91 Å². The van der Waals surface area contributed by atoms with Crippen LogP contribution in [-0.2, 0) is 19.6 Å². The number of aromatic nitrogens is 3. The Labute approximate surface area is 147 Å². The summed E-state index contributed by atoms with van der Waals surface area (Å²) in [7, 11) is 0. The van der Waals surface area contributed by atoms with Crippen molar-refractivity contribution < 1.29 is 9.53 Å². The molecular weight excluding hydrogens is 316 g/mol.